The Kier molecular flexibility index (Phi) is 7.55. The Morgan fingerprint density at radius 3 is 2.36 bits per heavy atom. The number of hydrogen-bond donors (Lipinski definition) is 3. The highest BCUT2D eigenvalue weighted by Gasteiger charge is 2.21. The number of nitrogens with zero attached hydrogens (tertiary/aromatic N) is 1. The molecule has 1 unspecified atom stereocenters. The van der Waals surface area contributed by atoms with E-state index >= 15 is 0 Å². The molecule has 6 nitrogen and oxygen atoms in total. The number of halogens is 2. The number of hydrogen-bond acceptors (Lipinski definition) is 4. The Labute approximate surface area is 196 Å². The molecule has 0 saturated heterocycles. The summed E-state index contributed by atoms with van der Waals surface area (Å²) in [6.07, 6.45) is 0. The fourth-order valence-corrected chi connectivity index (χ4v) is 3.47. The molecule has 3 aromatic carbocycles. The van der Waals surface area contributed by atoms with E-state index in [1.807, 2.05) is 0 Å². The summed E-state index contributed by atoms with van der Waals surface area (Å²) in [5.74, 6) is -1.38. The number of aryl methyl sites for hydroxylation is 1. The number of carbonyl (C=O) groups is 2. The number of ether oxygens (including phenoxy) is 1. The third kappa shape index (κ3) is 5.61. The molecule has 0 heterocycles. The Morgan fingerprint density at radius 1 is 1.06 bits per heavy atom. The molecule has 2 N–H and O–H groups in total. The molecular weight excluding hydrogens is 448 g/mol. The topological polar surface area (TPSA) is 70.7 Å². The number of anilines is 2. The molecule has 0 aliphatic rings. The number of benzene rings is 3. The van der Waals surface area contributed by atoms with E-state index in [1.54, 1.807) is 44.2 Å². The number of methoxy groups -OCH3 is 1. The van der Waals surface area contributed by atoms with Crippen molar-refractivity contribution >= 4 is 36.1 Å². The largest absolute Gasteiger partial charge is 0.494 e. The molecule has 1 atom stereocenters. The average molecular weight is 472 g/mol. The van der Waals surface area contributed by atoms with E-state index in [-0.39, 0.29) is 17.1 Å². The third-order valence-corrected chi connectivity index (χ3v) is 5.41. The molecule has 0 aliphatic carbocycles. The van der Waals surface area contributed by atoms with Gasteiger partial charge in [0.15, 0.2) is 0 Å². The van der Waals surface area contributed by atoms with Crippen molar-refractivity contribution in [2.75, 3.05) is 16.7 Å². The molecule has 9 heteroatoms. The van der Waals surface area contributed by atoms with Crippen molar-refractivity contribution < 1.29 is 23.1 Å². The summed E-state index contributed by atoms with van der Waals surface area (Å²) in [7, 11) is 1.41. The predicted molar refractivity (Wildman–Crippen MR) is 127 cm³/mol. The summed E-state index contributed by atoms with van der Waals surface area (Å²) in [6.45, 7) is 3.50. The van der Waals surface area contributed by atoms with Gasteiger partial charge in [0.2, 0.25) is 0 Å². The van der Waals surface area contributed by atoms with Crippen LogP contribution >= 0.6 is 12.8 Å². The maximum absolute atomic E-state index is 13.9. The minimum absolute atomic E-state index is 0.105. The van der Waals surface area contributed by atoms with E-state index in [2.05, 4.69) is 23.4 Å². The molecule has 0 spiro atoms. The van der Waals surface area contributed by atoms with Crippen molar-refractivity contribution in [1.82, 2.24) is 5.32 Å². The standard InChI is InChI=1S/C24H23F2N3O3S/c1-14-12-20(28-23(30)18-6-4-5-7-19(18)26)22(32-3)13-21(14)29(33)24(31)27-15(2)16-8-10-17(25)11-9-16/h4-13,15,33H,1-3H3,(H,27,31)(H,28,30). The zero-order valence-corrected chi connectivity index (χ0v) is 19.1. The number of carbonyl (C=O) groups excluding carboxylic acids is 2. The summed E-state index contributed by atoms with van der Waals surface area (Å²) in [6, 6.07) is 13.7. The van der Waals surface area contributed by atoms with Gasteiger partial charge in [0.05, 0.1) is 30.1 Å². The first-order valence-electron chi connectivity index (χ1n) is 10.0. The SMILES string of the molecule is COc1cc(N(S)C(=O)NC(C)c2ccc(F)cc2)c(C)cc1NC(=O)c1ccccc1F. The highest BCUT2D eigenvalue weighted by atomic mass is 32.1. The van der Waals surface area contributed by atoms with Crippen LogP contribution in [0.4, 0.5) is 25.0 Å². The van der Waals surface area contributed by atoms with Gasteiger partial charge in [-0.2, -0.15) is 0 Å². The van der Waals surface area contributed by atoms with E-state index in [1.165, 1.54) is 37.4 Å². The van der Waals surface area contributed by atoms with Gasteiger partial charge >= 0.3 is 6.03 Å². The van der Waals surface area contributed by atoms with Gasteiger partial charge in [-0.15, -0.1) is 0 Å². The lowest BCUT2D eigenvalue weighted by Gasteiger charge is -2.23. The van der Waals surface area contributed by atoms with E-state index < -0.39 is 23.8 Å². The smallest absolute Gasteiger partial charge is 0.332 e. The minimum Gasteiger partial charge on any atom is -0.494 e. The van der Waals surface area contributed by atoms with Crippen LogP contribution in [-0.2, 0) is 0 Å². The van der Waals surface area contributed by atoms with Gasteiger partial charge in [-0.3, -0.25) is 4.79 Å². The van der Waals surface area contributed by atoms with Gasteiger partial charge in [-0.05, 0) is 55.3 Å². The van der Waals surface area contributed by atoms with Crippen molar-refractivity contribution in [3.05, 3.63) is 89.0 Å². The van der Waals surface area contributed by atoms with Crippen molar-refractivity contribution in [3.8, 4) is 5.75 Å². The van der Waals surface area contributed by atoms with E-state index in [0.29, 0.717) is 16.9 Å². The van der Waals surface area contributed by atoms with Crippen molar-refractivity contribution in [2.24, 2.45) is 0 Å². The van der Waals surface area contributed by atoms with Gasteiger partial charge in [0, 0.05) is 6.07 Å². The minimum atomic E-state index is -0.643. The number of thiol groups is 1. The first kappa shape index (κ1) is 24.1. The van der Waals surface area contributed by atoms with Gasteiger partial charge in [-0.1, -0.05) is 37.1 Å². The van der Waals surface area contributed by atoms with Crippen LogP contribution in [0.25, 0.3) is 0 Å². The molecule has 3 rings (SSSR count). The molecule has 0 bridgehead atoms. The second-order valence-electron chi connectivity index (χ2n) is 7.31. The maximum Gasteiger partial charge on any atom is 0.332 e. The summed E-state index contributed by atoms with van der Waals surface area (Å²) in [4.78, 5) is 25.2. The van der Waals surface area contributed by atoms with Crippen LogP contribution < -0.4 is 19.7 Å². The second-order valence-corrected chi connectivity index (χ2v) is 7.71. The highest BCUT2D eigenvalue weighted by molar-refractivity contribution is 7.82. The molecule has 0 saturated carbocycles. The van der Waals surface area contributed by atoms with Crippen LogP contribution in [0.5, 0.6) is 5.75 Å². The quantitative estimate of drug-likeness (QED) is 0.407. The second kappa shape index (κ2) is 10.4. The lowest BCUT2D eigenvalue weighted by molar-refractivity contribution is 0.102. The number of rotatable bonds is 6. The highest BCUT2D eigenvalue weighted by Crippen LogP contribution is 2.34. The predicted octanol–water partition coefficient (Wildman–Crippen LogP) is 5.66. The summed E-state index contributed by atoms with van der Waals surface area (Å²) in [5, 5.41) is 5.42. The van der Waals surface area contributed by atoms with E-state index in [9.17, 15) is 18.4 Å². The fourth-order valence-electron chi connectivity index (χ4n) is 3.20. The Balaban J connectivity index is 1.79. The van der Waals surface area contributed by atoms with Gasteiger partial charge in [0.1, 0.15) is 17.4 Å². The van der Waals surface area contributed by atoms with E-state index in [4.69, 9.17) is 4.74 Å². The van der Waals surface area contributed by atoms with Crippen molar-refractivity contribution in [2.45, 2.75) is 19.9 Å². The van der Waals surface area contributed by atoms with Crippen LogP contribution in [-0.4, -0.2) is 19.0 Å². The molecule has 33 heavy (non-hydrogen) atoms. The van der Waals surface area contributed by atoms with Gasteiger partial charge in [-0.25, -0.2) is 17.9 Å². The summed E-state index contributed by atoms with van der Waals surface area (Å²) >= 11 is 4.32. The van der Waals surface area contributed by atoms with Gasteiger partial charge < -0.3 is 15.4 Å². The van der Waals surface area contributed by atoms with Crippen LogP contribution in [0.15, 0.2) is 60.7 Å². The van der Waals surface area contributed by atoms with Crippen LogP contribution in [0.2, 0.25) is 0 Å². The molecular formula is C24H23F2N3O3S. The maximum atomic E-state index is 13.9. The van der Waals surface area contributed by atoms with Gasteiger partial charge in [0.25, 0.3) is 5.91 Å². The third-order valence-electron chi connectivity index (χ3n) is 5.02. The van der Waals surface area contributed by atoms with Crippen LogP contribution in [0, 0.1) is 18.6 Å². The molecule has 0 aromatic heterocycles. The monoisotopic (exact) mass is 471 g/mol. The lowest BCUT2D eigenvalue weighted by atomic mass is 10.1. The first-order valence-corrected chi connectivity index (χ1v) is 10.4. The lowest BCUT2D eigenvalue weighted by Crippen LogP contribution is -2.36. The molecule has 3 aromatic rings. The van der Waals surface area contributed by atoms with Crippen LogP contribution in [0.1, 0.15) is 34.5 Å². The Bertz CT molecular complexity index is 1170. The van der Waals surface area contributed by atoms with Crippen LogP contribution in [0.3, 0.4) is 0 Å². The van der Waals surface area contributed by atoms with Crippen molar-refractivity contribution in [3.63, 3.8) is 0 Å². The zero-order valence-electron chi connectivity index (χ0n) is 18.2. The average Bonchev–Trinajstić information content (AvgIpc) is 2.79. The molecule has 172 valence electrons. The molecule has 0 fully saturated rings. The number of nitrogens with one attached hydrogen (secondary N) is 2. The molecule has 0 radical (unpaired) electrons. The number of amides is 3. The normalized spacial score (nSPS) is 11.5. The molecule has 0 aliphatic heterocycles. The Hall–Kier alpha value is -3.59. The fraction of sp³-hybridized carbons (Fsp3) is 0.167. The summed E-state index contributed by atoms with van der Waals surface area (Å²) < 4.78 is 33.6. The Morgan fingerprint density at radius 2 is 1.73 bits per heavy atom. The molecule has 3 amide bonds. The van der Waals surface area contributed by atoms with E-state index in [0.717, 1.165) is 9.87 Å². The number of urea groups is 1. The van der Waals surface area contributed by atoms with Crippen molar-refractivity contribution in [1.29, 1.82) is 0 Å². The first-order chi connectivity index (χ1) is 15.7. The zero-order chi connectivity index (χ0) is 24.1. The summed E-state index contributed by atoms with van der Waals surface area (Å²) in [5.41, 5.74) is 1.97.